The molecule has 0 fully saturated rings. The van der Waals surface area contributed by atoms with Crippen molar-refractivity contribution in [2.24, 2.45) is 5.11 Å². The number of azide groups is 1. The maximum Gasteiger partial charge on any atom is 0.159 e. The Kier molecular flexibility index (Phi) is 3.88. The van der Waals surface area contributed by atoms with E-state index in [2.05, 4.69) is 10.0 Å². The fourth-order valence-corrected chi connectivity index (χ4v) is 1.09. The van der Waals surface area contributed by atoms with Gasteiger partial charge in [0.2, 0.25) is 0 Å². The zero-order valence-corrected chi connectivity index (χ0v) is 7.45. The van der Waals surface area contributed by atoms with Gasteiger partial charge in [0.05, 0.1) is 0 Å². The second kappa shape index (κ2) is 5.19. The minimum absolute atomic E-state index is 0.371. The van der Waals surface area contributed by atoms with E-state index in [4.69, 9.17) is 5.53 Å². The molecule has 5 heteroatoms. The van der Waals surface area contributed by atoms with Crippen molar-refractivity contribution < 1.29 is 8.78 Å². The lowest BCUT2D eigenvalue weighted by Gasteiger charge is -1.99. The first-order valence-corrected chi connectivity index (χ1v) is 4.19. The predicted molar refractivity (Wildman–Crippen MR) is 48.7 cm³/mol. The summed E-state index contributed by atoms with van der Waals surface area (Å²) in [6.07, 6.45) is 1.21. The van der Waals surface area contributed by atoms with Gasteiger partial charge in [0.1, 0.15) is 0 Å². The molecule has 0 aromatic heterocycles. The number of hydrogen-bond donors (Lipinski definition) is 0. The molecule has 0 saturated carbocycles. The number of aryl methyl sites for hydroxylation is 1. The highest BCUT2D eigenvalue weighted by molar-refractivity contribution is 5.17. The molecule has 14 heavy (non-hydrogen) atoms. The lowest BCUT2D eigenvalue weighted by atomic mass is 10.1. The van der Waals surface area contributed by atoms with Crippen molar-refractivity contribution in [3.05, 3.63) is 45.8 Å². The van der Waals surface area contributed by atoms with E-state index >= 15 is 0 Å². The maximum atomic E-state index is 12.7. The van der Waals surface area contributed by atoms with Crippen LogP contribution >= 0.6 is 0 Å². The quantitative estimate of drug-likeness (QED) is 0.308. The van der Waals surface area contributed by atoms with E-state index in [0.717, 1.165) is 12.1 Å². The Balaban J connectivity index is 2.51. The van der Waals surface area contributed by atoms with E-state index in [1.54, 1.807) is 0 Å². The summed E-state index contributed by atoms with van der Waals surface area (Å²) in [7, 11) is 0. The van der Waals surface area contributed by atoms with Crippen molar-refractivity contribution >= 4 is 0 Å². The molecule has 0 aliphatic carbocycles. The minimum Gasteiger partial charge on any atom is -0.204 e. The van der Waals surface area contributed by atoms with Gasteiger partial charge in [-0.3, -0.25) is 0 Å². The van der Waals surface area contributed by atoms with Crippen LogP contribution in [0.5, 0.6) is 0 Å². The summed E-state index contributed by atoms with van der Waals surface area (Å²) in [4.78, 5) is 2.59. The van der Waals surface area contributed by atoms with Crippen LogP contribution in [-0.2, 0) is 6.42 Å². The second-order valence-electron chi connectivity index (χ2n) is 2.81. The molecule has 0 heterocycles. The van der Waals surface area contributed by atoms with Crippen LogP contribution in [0.2, 0.25) is 0 Å². The third-order valence-electron chi connectivity index (χ3n) is 1.77. The molecule has 1 aromatic rings. The van der Waals surface area contributed by atoms with Gasteiger partial charge in [-0.2, -0.15) is 0 Å². The first kappa shape index (κ1) is 10.5. The molecule has 0 atom stereocenters. The standard InChI is InChI=1S/C9H9F2N3/c10-8-4-3-7(6-9(8)11)2-1-5-13-14-12/h3-4,6H,1-2,5H2. The zero-order chi connectivity index (χ0) is 10.4. The summed E-state index contributed by atoms with van der Waals surface area (Å²) in [6.45, 7) is 0.371. The van der Waals surface area contributed by atoms with Crippen LogP contribution in [-0.4, -0.2) is 6.54 Å². The van der Waals surface area contributed by atoms with E-state index in [1.165, 1.54) is 6.07 Å². The summed E-state index contributed by atoms with van der Waals surface area (Å²) in [5.74, 6) is -1.69. The van der Waals surface area contributed by atoms with Crippen LogP contribution in [0.4, 0.5) is 8.78 Å². The minimum atomic E-state index is -0.844. The molecule has 0 N–H and O–H groups in total. The lowest BCUT2D eigenvalue weighted by Crippen LogP contribution is -1.91. The summed E-state index contributed by atoms with van der Waals surface area (Å²) in [6, 6.07) is 3.78. The Hall–Kier alpha value is -1.61. The molecule has 0 aliphatic heterocycles. The van der Waals surface area contributed by atoms with Crippen LogP contribution in [0.3, 0.4) is 0 Å². The molecule has 3 nitrogen and oxygen atoms in total. The zero-order valence-electron chi connectivity index (χ0n) is 7.45. The number of rotatable bonds is 4. The number of nitrogens with zero attached hydrogens (tertiary/aromatic N) is 3. The van der Waals surface area contributed by atoms with Crippen molar-refractivity contribution in [3.8, 4) is 0 Å². The molecule has 0 radical (unpaired) electrons. The van der Waals surface area contributed by atoms with Crippen molar-refractivity contribution in [3.63, 3.8) is 0 Å². The first-order valence-electron chi connectivity index (χ1n) is 4.19. The van der Waals surface area contributed by atoms with Crippen molar-refractivity contribution in [1.29, 1.82) is 0 Å². The molecule has 74 valence electrons. The van der Waals surface area contributed by atoms with Gasteiger partial charge < -0.3 is 0 Å². The van der Waals surface area contributed by atoms with Gasteiger partial charge in [-0.1, -0.05) is 11.2 Å². The molecular weight excluding hydrogens is 188 g/mol. The smallest absolute Gasteiger partial charge is 0.159 e. The van der Waals surface area contributed by atoms with Gasteiger partial charge in [0, 0.05) is 11.5 Å². The highest BCUT2D eigenvalue weighted by atomic mass is 19.2. The summed E-state index contributed by atoms with van der Waals surface area (Å²) in [5, 5.41) is 3.34. The van der Waals surface area contributed by atoms with Crippen LogP contribution < -0.4 is 0 Å². The lowest BCUT2D eigenvalue weighted by molar-refractivity contribution is 0.507. The second-order valence-corrected chi connectivity index (χ2v) is 2.81. The molecule has 0 saturated heterocycles. The Morgan fingerprint density at radius 3 is 2.71 bits per heavy atom. The fourth-order valence-electron chi connectivity index (χ4n) is 1.09. The van der Waals surface area contributed by atoms with Gasteiger partial charge in [0.25, 0.3) is 0 Å². The number of benzene rings is 1. The van der Waals surface area contributed by atoms with E-state index < -0.39 is 11.6 Å². The topological polar surface area (TPSA) is 48.8 Å². The molecule has 0 unspecified atom stereocenters. The van der Waals surface area contributed by atoms with Crippen LogP contribution in [0.25, 0.3) is 10.4 Å². The Morgan fingerprint density at radius 2 is 2.07 bits per heavy atom. The SMILES string of the molecule is [N-]=[N+]=NCCCc1ccc(F)c(F)c1. The summed E-state index contributed by atoms with van der Waals surface area (Å²) >= 11 is 0. The monoisotopic (exact) mass is 197 g/mol. The molecular formula is C9H9F2N3. The number of halogens is 2. The van der Waals surface area contributed by atoms with Gasteiger partial charge >= 0.3 is 0 Å². The van der Waals surface area contributed by atoms with Crippen molar-refractivity contribution in [2.45, 2.75) is 12.8 Å². The largest absolute Gasteiger partial charge is 0.204 e. The summed E-state index contributed by atoms with van der Waals surface area (Å²) < 4.78 is 25.2. The van der Waals surface area contributed by atoms with Gasteiger partial charge in [-0.15, -0.1) is 0 Å². The maximum absolute atomic E-state index is 12.7. The third-order valence-corrected chi connectivity index (χ3v) is 1.77. The Morgan fingerprint density at radius 1 is 1.29 bits per heavy atom. The third kappa shape index (κ3) is 3.03. The average Bonchev–Trinajstić information content (AvgIpc) is 2.18. The van der Waals surface area contributed by atoms with E-state index in [9.17, 15) is 8.78 Å². The normalized spacial score (nSPS) is 9.57. The molecule has 1 aromatic carbocycles. The molecule has 0 aliphatic rings. The molecule has 0 spiro atoms. The van der Waals surface area contributed by atoms with Gasteiger partial charge in [0.15, 0.2) is 11.6 Å². The van der Waals surface area contributed by atoms with Gasteiger partial charge in [-0.25, -0.2) is 8.78 Å². The van der Waals surface area contributed by atoms with E-state index in [-0.39, 0.29) is 0 Å². The predicted octanol–water partition coefficient (Wildman–Crippen LogP) is 3.21. The highest BCUT2D eigenvalue weighted by Gasteiger charge is 2.01. The average molecular weight is 197 g/mol. The van der Waals surface area contributed by atoms with Crippen LogP contribution in [0.1, 0.15) is 12.0 Å². The molecule has 0 bridgehead atoms. The van der Waals surface area contributed by atoms with E-state index in [0.29, 0.717) is 24.9 Å². The number of hydrogen-bond acceptors (Lipinski definition) is 1. The van der Waals surface area contributed by atoms with E-state index in [1.807, 2.05) is 0 Å². The Bertz CT molecular complexity index is 359. The molecule has 1 rings (SSSR count). The molecule has 0 amide bonds. The fraction of sp³-hybridized carbons (Fsp3) is 0.333. The van der Waals surface area contributed by atoms with Gasteiger partial charge in [-0.05, 0) is 36.1 Å². The van der Waals surface area contributed by atoms with Crippen LogP contribution in [0.15, 0.2) is 23.3 Å². The van der Waals surface area contributed by atoms with Crippen molar-refractivity contribution in [1.82, 2.24) is 0 Å². The van der Waals surface area contributed by atoms with Crippen molar-refractivity contribution in [2.75, 3.05) is 6.54 Å². The van der Waals surface area contributed by atoms with Crippen LogP contribution in [0, 0.1) is 11.6 Å². The highest BCUT2D eigenvalue weighted by Crippen LogP contribution is 2.10. The first-order chi connectivity index (χ1) is 6.74. The Labute approximate surface area is 80.0 Å². The summed E-state index contributed by atoms with van der Waals surface area (Å²) in [5.41, 5.74) is 8.70.